The van der Waals surface area contributed by atoms with Crippen molar-refractivity contribution in [3.8, 4) is 11.5 Å². The molecule has 1 aliphatic rings. The number of hydrogen-bond donors (Lipinski definition) is 1. The highest BCUT2D eigenvalue weighted by atomic mass is 35.5. The number of carbonyl (C=O) groups excluding carboxylic acids is 2. The first-order valence-electron chi connectivity index (χ1n) is 11.2. The van der Waals surface area contributed by atoms with Crippen LogP contribution < -0.4 is 19.1 Å². The van der Waals surface area contributed by atoms with Crippen molar-refractivity contribution < 1.29 is 27.5 Å². The number of nitrogens with zero attached hydrogens (tertiary/aromatic N) is 2. The molecule has 1 N–H and O–H groups in total. The Kier molecular flexibility index (Phi) is 8.50. The molecule has 2 atom stereocenters. The van der Waals surface area contributed by atoms with Gasteiger partial charge in [-0.1, -0.05) is 36.7 Å². The number of ether oxygens (including phenoxy) is 2. The van der Waals surface area contributed by atoms with Crippen molar-refractivity contribution in [1.82, 2.24) is 10.2 Å². The van der Waals surface area contributed by atoms with Gasteiger partial charge in [0.05, 0.1) is 11.9 Å². The van der Waals surface area contributed by atoms with Gasteiger partial charge < -0.3 is 19.7 Å². The lowest BCUT2D eigenvalue weighted by Crippen LogP contribution is -2.52. The van der Waals surface area contributed by atoms with E-state index in [0.29, 0.717) is 22.1 Å². The molecule has 1 aliphatic heterocycles. The molecule has 0 saturated heterocycles. The predicted octanol–water partition coefficient (Wildman–Crippen LogP) is 3.17. The smallest absolute Gasteiger partial charge is 0.244 e. The van der Waals surface area contributed by atoms with Crippen LogP contribution in [0.4, 0.5) is 5.69 Å². The first-order valence-corrected chi connectivity index (χ1v) is 13.4. The maximum atomic E-state index is 13.6. The third kappa shape index (κ3) is 6.58. The van der Waals surface area contributed by atoms with Crippen LogP contribution in [-0.4, -0.2) is 56.8 Å². The maximum Gasteiger partial charge on any atom is 0.244 e. The molecule has 0 unspecified atom stereocenters. The second kappa shape index (κ2) is 11.2. The Morgan fingerprint density at radius 1 is 1.11 bits per heavy atom. The van der Waals surface area contributed by atoms with Gasteiger partial charge in [-0.3, -0.25) is 13.9 Å². The fourth-order valence-corrected chi connectivity index (χ4v) is 4.55. The van der Waals surface area contributed by atoms with Crippen molar-refractivity contribution >= 4 is 39.1 Å². The lowest BCUT2D eigenvalue weighted by atomic mass is 10.1. The zero-order valence-electron chi connectivity index (χ0n) is 20.2. The summed E-state index contributed by atoms with van der Waals surface area (Å²) in [6.45, 7) is 4.98. The van der Waals surface area contributed by atoms with Gasteiger partial charge >= 0.3 is 0 Å². The Morgan fingerprint density at radius 2 is 1.80 bits per heavy atom. The van der Waals surface area contributed by atoms with Gasteiger partial charge in [0, 0.05) is 23.7 Å². The monoisotopic (exact) mass is 523 g/mol. The molecule has 0 radical (unpaired) electrons. The molecule has 9 nitrogen and oxygen atoms in total. The van der Waals surface area contributed by atoms with Crippen molar-refractivity contribution in [1.29, 1.82) is 0 Å². The summed E-state index contributed by atoms with van der Waals surface area (Å²) in [5.41, 5.74) is 0.888. The molecule has 35 heavy (non-hydrogen) atoms. The van der Waals surface area contributed by atoms with E-state index in [2.05, 4.69) is 5.32 Å². The van der Waals surface area contributed by atoms with E-state index in [9.17, 15) is 18.0 Å². The molecular weight excluding hydrogens is 494 g/mol. The highest BCUT2D eigenvalue weighted by Gasteiger charge is 2.31. The number of carbonyl (C=O) groups is 2. The van der Waals surface area contributed by atoms with Crippen molar-refractivity contribution in [2.45, 2.75) is 45.8 Å². The van der Waals surface area contributed by atoms with E-state index >= 15 is 0 Å². The fraction of sp³-hybridized carbons (Fsp3) is 0.417. The molecule has 0 aromatic heterocycles. The minimum Gasteiger partial charge on any atom is -0.454 e. The zero-order valence-corrected chi connectivity index (χ0v) is 21.7. The molecule has 0 spiro atoms. The van der Waals surface area contributed by atoms with E-state index in [1.165, 1.54) is 11.0 Å². The van der Waals surface area contributed by atoms with Crippen LogP contribution in [0.15, 0.2) is 42.5 Å². The first-order chi connectivity index (χ1) is 16.5. The van der Waals surface area contributed by atoms with Gasteiger partial charge in [0.2, 0.25) is 28.6 Å². The van der Waals surface area contributed by atoms with E-state index in [4.69, 9.17) is 21.1 Å². The molecule has 3 rings (SSSR count). The van der Waals surface area contributed by atoms with Crippen LogP contribution in [0.2, 0.25) is 5.02 Å². The van der Waals surface area contributed by atoms with Crippen LogP contribution in [0.25, 0.3) is 0 Å². The molecule has 190 valence electrons. The molecular formula is C24H30ClN3O6S. The number of benzene rings is 2. The molecule has 0 aliphatic carbocycles. The molecule has 11 heteroatoms. The Balaban J connectivity index is 1.92. The molecule has 0 saturated carbocycles. The van der Waals surface area contributed by atoms with E-state index < -0.39 is 28.5 Å². The van der Waals surface area contributed by atoms with Crippen LogP contribution in [0.3, 0.4) is 0 Å². The Labute approximate surface area is 211 Å². The second-order valence-corrected chi connectivity index (χ2v) is 10.7. The van der Waals surface area contributed by atoms with Crippen LogP contribution in [0.1, 0.15) is 32.8 Å². The van der Waals surface area contributed by atoms with Gasteiger partial charge in [-0.05, 0) is 44.0 Å². The minimum atomic E-state index is -3.85. The number of amides is 2. The summed E-state index contributed by atoms with van der Waals surface area (Å²) >= 11 is 6.32. The highest BCUT2D eigenvalue weighted by Crippen LogP contribution is 2.36. The lowest BCUT2D eigenvalue weighted by molar-refractivity contribution is -0.139. The lowest BCUT2D eigenvalue weighted by Gasteiger charge is -2.32. The summed E-state index contributed by atoms with van der Waals surface area (Å²) in [5, 5.41) is 3.32. The summed E-state index contributed by atoms with van der Waals surface area (Å²) in [6, 6.07) is 10.7. The Hall–Kier alpha value is -2.98. The van der Waals surface area contributed by atoms with Crippen LogP contribution in [-0.2, 0) is 26.2 Å². The Morgan fingerprint density at radius 3 is 2.46 bits per heavy atom. The number of fused-ring (bicyclic) bond motifs is 1. The molecule has 2 aromatic carbocycles. The average Bonchev–Trinajstić information content (AvgIpc) is 3.28. The fourth-order valence-electron chi connectivity index (χ4n) is 3.51. The van der Waals surface area contributed by atoms with Crippen molar-refractivity contribution in [2.24, 2.45) is 0 Å². The number of halogens is 1. The van der Waals surface area contributed by atoms with Crippen LogP contribution in [0, 0.1) is 0 Å². The number of sulfonamides is 1. The summed E-state index contributed by atoms with van der Waals surface area (Å²) < 4.78 is 37.0. The molecule has 0 fully saturated rings. The predicted molar refractivity (Wildman–Crippen MR) is 134 cm³/mol. The highest BCUT2D eigenvalue weighted by molar-refractivity contribution is 7.92. The first kappa shape index (κ1) is 26.6. The van der Waals surface area contributed by atoms with Crippen molar-refractivity contribution in [2.75, 3.05) is 23.9 Å². The number of hydrogen-bond acceptors (Lipinski definition) is 6. The van der Waals surface area contributed by atoms with Crippen LogP contribution in [0.5, 0.6) is 11.5 Å². The molecule has 2 amide bonds. The summed E-state index contributed by atoms with van der Waals surface area (Å²) in [4.78, 5) is 27.8. The van der Waals surface area contributed by atoms with E-state index in [0.717, 1.165) is 17.0 Å². The van der Waals surface area contributed by atoms with E-state index in [1.807, 2.05) is 13.8 Å². The van der Waals surface area contributed by atoms with Gasteiger partial charge in [0.1, 0.15) is 12.6 Å². The van der Waals surface area contributed by atoms with Gasteiger partial charge in [0.15, 0.2) is 11.5 Å². The molecule has 0 bridgehead atoms. The average molecular weight is 524 g/mol. The SMILES string of the molecule is CC[C@H](C)NC(=O)[C@H](C)N(Cc1ccccc1Cl)C(=O)CN(c1ccc2c(c1)OCO2)S(C)(=O)=O. The Bertz CT molecular complexity index is 1190. The summed E-state index contributed by atoms with van der Waals surface area (Å²) in [5.74, 6) is -0.0180. The van der Waals surface area contributed by atoms with Gasteiger partial charge in [0.25, 0.3) is 0 Å². The van der Waals surface area contributed by atoms with Crippen molar-refractivity contribution in [3.63, 3.8) is 0 Å². The summed E-state index contributed by atoms with van der Waals surface area (Å²) in [6.07, 6.45) is 1.74. The third-order valence-electron chi connectivity index (χ3n) is 5.79. The van der Waals surface area contributed by atoms with Gasteiger partial charge in [-0.25, -0.2) is 8.42 Å². The van der Waals surface area contributed by atoms with Gasteiger partial charge in [-0.15, -0.1) is 0 Å². The second-order valence-electron chi connectivity index (χ2n) is 8.41. The van der Waals surface area contributed by atoms with E-state index in [1.54, 1.807) is 43.3 Å². The number of rotatable bonds is 10. The molecule has 1 heterocycles. The molecule has 2 aromatic rings. The van der Waals surface area contributed by atoms with Crippen LogP contribution >= 0.6 is 11.6 Å². The maximum absolute atomic E-state index is 13.6. The number of anilines is 1. The third-order valence-corrected chi connectivity index (χ3v) is 7.30. The van der Waals surface area contributed by atoms with Gasteiger partial charge in [-0.2, -0.15) is 0 Å². The summed E-state index contributed by atoms with van der Waals surface area (Å²) in [7, 11) is -3.85. The largest absolute Gasteiger partial charge is 0.454 e. The standard InChI is InChI=1S/C24H30ClN3O6S/c1-5-16(2)26-24(30)17(3)27(13-18-8-6-7-9-20(18)25)23(29)14-28(35(4,31)32)19-10-11-21-22(12-19)34-15-33-21/h6-12,16-17H,5,13-15H2,1-4H3,(H,26,30)/t16-,17-/m0/s1. The van der Waals surface area contributed by atoms with E-state index in [-0.39, 0.29) is 31.0 Å². The normalized spacial score (nSPS) is 14.2. The number of nitrogens with one attached hydrogen (secondary N) is 1. The zero-order chi connectivity index (χ0) is 25.8. The topological polar surface area (TPSA) is 105 Å². The quantitative estimate of drug-likeness (QED) is 0.513. The van der Waals surface area contributed by atoms with Crippen molar-refractivity contribution in [3.05, 3.63) is 53.1 Å². The minimum absolute atomic E-state index is 0.0328.